The van der Waals surface area contributed by atoms with Crippen molar-refractivity contribution in [1.29, 1.82) is 10.5 Å². The summed E-state index contributed by atoms with van der Waals surface area (Å²) in [6, 6.07) is 25.4. The summed E-state index contributed by atoms with van der Waals surface area (Å²) in [5, 5.41) is 36.1. The third-order valence-corrected chi connectivity index (χ3v) is 4.92. The lowest BCUT2D eigenvalue weighted by molar-refractivity contribution is -0.133. The highest BCUT2D eigenvalue weighted by molar-refractivity contribution is 5.97. The van der Waals surface area contributed by atoms with Crippen LogP contribution < -0.4 is 4.90 Å². The minimum absolute atomic E-state index is 0.357. The van der Waals surface area contributed by atoms with Crippen molar-refractivity contribution in [3.63, 3.8) is 0 Å². The highest BCUT2D eigenvalue weighted by Gasteiger charge is 2.13. The topological polar surface area (TPSA) is 125 Å². The second-order valence-electron chi connectivity index (χ2n) is 7.30. The number of carbonyl (C=O) groups is 2. The predicted octanol–water partition coefficient (Wildman–Crippen LogP) is 5.45. The zero-order valence-electron chi connectivity index (χ0n) is 18.1. The summed E-state index contributed by atoms with van der Waals surface area (Å²) >= 11 is 0. The van der Waals surface area contributed by atoms with E-state index in [9.17, 15) is 9.59 Å². The Kier molecular flexibility index (Phi) is 7.23. The fourth-order valence-corrected chi connectivity index (χ4v) is 3.20. The molecule has 0 aliphatic heterocycles. The molecule has 3 aromatic carbocycles. The van der Waals surface area contributed by atoms with E-state index in [2.05, 4.69) is 0 Å². The van der Waals surface area contributed by atoms with E-state index in [1.54, 1.807) is 36.4 Å². The molecule has 0 atom stereocenters. The molecule has 0 bridgehead atoms. The van der Waals surface area contributed by atoms with Crippen LogP contribution in [0, 0.1) is 29.6 Å². The van der Waals surface area contributed by atoms with E-state index in [-0.39, 0.29) is 11.1 Å². The summed E-state index contributed by atoms with van der Waals surface area (Å²) in [6.07, 6.45) is 2.61. The summed E-state index contributed by atoms with van der Waals surface area (Å²) < 4.78 is 0. The van der Waals surface area contributed by atoms with Crippen LogP contribution in [0.5, 0.6) is 0 Å². The number of hydrogen-bond acceptors (Lipinski definition) is 5. The molecule has 3 rings (SSSR count). The van der Waals surface area contributed by atoms with Gasteiger partial charge in [-0.3, -0.25) is 0 Å². The molecular weight excluding hydrogens is 430 g/mol. The normalized spacial score (nSPS) is 11.3. The molecule has 166 valence electrons. The minimum Gasteiger partial charge on any atom is -0.477 e. The fraction of sp³-hybridized carbons (Fsp3) is 0.0370. The van der Waals surface area contributed by atoms with E-state index in [0.717, 1.165) is 22.6 Å². The molecule has 7 nitrogen and oxygen atoms in total. The average Bonchev–Trinajstić information content (AvgIpc) is 2.83. The number of nitrogens with zero attached hydrogens (tertiary/aromatic N) is 3. The zero-order valence-corrected chi connectivity index (χ0v) is 18.1. The number of nitriles is 2. The fourth-order valence-electron chi connectivity index (χ4n) is 3.20. The summed E-state index contributed by atoms with van der Waals surface area (Å²) in [6.45, 7) is 1.99. The molecular formula is C27H19N3O4. The van der Waals surface area contributed by atoms with E-state index in [1.807, 2.05) is 60.4 Å². The molecule has 34 heavy (non-hydrogen) atoms. The van der Waals surface area contributed by atoms with Crippen LogP contribution >= 0.6 is 0 Å². The second-order valence-corrected chi connectivity index (χ2v) is 7.30. The van der Waals surface area contributed by atoms with Crippen molar-refractivity contribution >= 4 is 41.2 Å². The predicted molar refractivity (Wildman–Crippen MR) is 128 cm³/mol. The molecule has 0 fully saturated rings. The standard InChI is InChI=1S/C27H19N3O4/c1-18-2-8-23(9-3-18)30(24-10-4-19(5-11-24)14-21(16-28)26(31)32)25-12-6-20(7-13-25)15-22(17-29)27(33)34/h2-15H,1H3,(H,31,32)(H,33,34). The maximum Gasteiger partial charge on any atom is 0.346 e. The zero-order chi connectivity index (χ0) is 24.7. The molecule has 0 unspecified atom stereocenters. The van der Waals surface area contributed by atoms with E-state index < -0.39 is 11.9 Å². The van der Waals surface area contributed by atoms with Crippen LogP contribution in [0.15, 0.2) is 83.9 Å². The van der Waals surface area contributed by atoms with Gasteiger partial charge in [-0.25, -0.2) is 9.59 Å². The highest BCUT2D eigenvalue weighted by Crippen LogP contribution is 2.35. The van der Waals surface area contributed by atoms with Crippen molar-refractivity contribution in [3.8, 4) is 12.1 Å². The third kappa shape index (κ3) is 5.56. The molecule has 2 N–H and O–H groups in total. The van der Waals surface area contributed by atoms with E-state index >= 15 is 0 Å². The molecule has 3 aromatic rings. The lowest BCUT2D eigenvalue weighted by Gasteiger charge is -2.26. The van der Waals surface area contributed by atoms with Crippen molar-refractivity contribution in [2.45, 2.75) is 6.92 Å². The molecule has 0 saturated carbocycles. The van der Waals surface area contributed by atoms with Gasteiger partial charge in [-0.2, -0.15) is 10.5 Å². The Hall–Kier alpha value is -5.14. The van der Waals surface area contributed by atoms with Gasteiger partial charge >= 0.3 is 11.9 Å². The van der Waals surface area contributed by atoms with Crippen LogP contribution in [-0.2, 0) is 9.59 Å². The summed E-state index contributed by atoms with van der Waals surface area (Å²) in [5.41, 5.74) is 4.00. The number of anilines is 3. The van der Waals surface area contributed by atoms with E-state index in [0.29, 0.717) is 11.1 Å². The monoisotopic (exact) mass is 449 g/mol. The molecule has 7 heteroatoms. The number of hydrogen-bond donors (Lipinski definition) is 2. The molecule has 0 heterocycles. The maximum absolute atomic E-state index is 11.1. The van der Waals surface area contributed by atoms with Crippen molar-refractivity contribution < 1.29 is 19.8 Å². The van der Waals surface area contributed by atoms with Gasteiger partial charge < -0.3 is 15.1 Å². The van der Waals surface area contributed by atoms with Gasteiger partial charge in [-0.1, -0.05) is 42.0 Å². The number of carboxylic acid groups (broad SMARTS) is 2. The Balaban J connectivity index is 2.03. The van der Waals surface area contributed by atoms with Gasteiger partial charge in [0.25, 0.3) is 0 Å². The van der Waals surface area contributed by atoms with Gasteiger partial charge in [0.05, 0.1) is 0 Å². The molecule has 0 spiro atoms. The highest BCUT2D eigenvalue weighted by atomic mass is 16.4. The smallest absolute Gasteiger partial charge is 0.346 e. The molecule has 0 saturated heterocycles. The first-order valence-corrected chi connectivity index (χ1v) is 10.1. The molecule has 0 aliphatic carbocycles. The van der Waals surface area contributed by atoms with Crippen molar-refractivity contribution in [3.05, 3.63) is 101 Å². The van der Waals surface area contributed by atoms with Crippen LogP contribution in [0.3, 0.4) is 0 Å². The minimum atomic E-state index is -1.29. The number of benzene rings is 3. The van der Waals surface area contributed by atoms with Crippen molar-refractivity contribution in [1.82, 2.24) is 0 Å². The Bertz CT molecular complexity index is 1270. The largest absolute Gasteiger partial charge is 0.477 e. The third-order valence-electron chi connectivity index (χ3n) is 4.92. The van der Waals surface area contributed by atoms with Crippen LogP contribution in [0.2, 0.25) is 0 Å². The SMILES string of the molecule is Cc1ccc(N(c2ccc(C=C(C#N)C(=O)O)cc2)c2ccc(C=C(C#N)C(=O)O)cc2)cc1. The Morgan fingerprint density at radius 2 is 1.00 bits per heavy atom. The number of carboxylic acids is 2. The van der Waals surface area contributed by atoms with Crippen LogP contribution in [0.1, 0.15) is 16.7 Å². The molecule has 0 amide bonds. The summed E-state index contributed by atoms with van der Waals surface area (Å²) in [7, 11) is 0. The summed E-state index contributed by atoms with van der Waals surface area (Å²) in [5.74, 6) is -2.58. The van der Waals surface area contributed by atoms with Crippen molar-refractivity contribution in [2.75, 3.05) is 4.90 Å². The lowest BCUT2D eigenvalue weighted by Crippen LogP contribution is -2.10. The Labute approximate surface area is 196 Å². The summed E-state index contributed by atoms with van der Waals surface area (Å²) in [4.78, 5) is 24.2. The quantitative estimate of drug-likeness (QED) is 0.363. The first-order chi connectivity index (χ1) is 16.3. The van der Waals surface area contributed by atoms with Gasteiger partial charge in [0, 0.05) is 17.1 Å². The second kappa shape index (κ2) is 10.4. The van der Waals surface area contributed by atoms with Crippen molar-refractivity contribution in [2.24, 2.45) is 0 Å². The maximum atomic E-state index is 11.1. The van der Waals surface area contributed by atoms with Crippen LogP contribution in [0.4, 0.5) is 17.1 Å². The Morgan fingerprint density at radius 3 is 1.29 bits per heavy atom. The van der Waals surface area contributed by atoms with E-state index in [1.165, 1.54) is 12.2 Å². The molecule has 0 radical (unpaired) electrons. The Morgan fingerprint density at radius 1 is 0.676 bits per heavy atom. The number of rotatable bonds is 7. The van der Waals surface area contributed by atoms with Gasteiger partial charge in [0.15, 0.2) is 0 Å². The van der Waals surface area contributed by atoms with Crippen LogP contribution in [0.25, 0.3) is 12.2 Å². The first kappa shape index (κ1) is 23.5. The van der Waals surface area contributed by atoms with E-state index in [4.69, 9.17) is 20.7 Å². The van der Waals surface area contributed by atoms with Crippen LogP contribution in [-0.4, -0.2) is 22.2 Å². The molecule has 0 aliphatic rings. The van der Waals surface area contributed by atoms with Gasteiger partial charge in [-0.15, -0.1) is 0 Å². The van der Waals surface area contributed by atoms with Gasteiger partial charge in [-0.05, 0) is 66.6 Å². The first-order valence-electron chi connectivity index (χ1n) is 10.1. The van der Waals surface area contributed by atoms with Gasteiger partial charge in [0.1, 0.15) is 23.3 Å². The molecule has 0 aromatic heterocycles. The lowest BCUT2D eigenvalue weighted by atomic mass is 10.1. The number of aryl methyl sites for hydroxylation is 1. The average molecular weight is 449 g/mol. The van der Waals surface area contributed by atoms with Gasteiger partial charge in [0.2, 0.25) is 0 Å². The number of aliphatic carboxylic acids is 2.